The Labute approximate surface area is 99.2 Å². The second-order valence-corrected chi connectivity index (χ2v) is 4.43. The summed E-state index contributed by atoms with van der Waals surface area (Å²) in [5.41, 5.74) is 0.679. The second-order valence-electron chi connectivity index (χ2n) is 4.43. The lowest BCUT2D eigenvalue weighted by atomic mass is 9.78. The molecule has 0 aromatic rings. The van der Waals surface area contributed by atoms with Crippen molar-refractivity contribution in [1.82, 2.24) is 0 Å². The van der Waals surface area contributed by atoms with Gasteiger partial charge in [-0.25, -0.2) is 0 Å². The second kappa shape index (κ2) is 16.2. The van der Waals surface area contributed by atoms with E-state index in [4.69, 9.17) is 0 Å². The number of hydrogen-bond donors (Lipinski definition) is 0. The molecule has 0 heteroatoms. The standard InChI is InChI=1S/C8H16.C3H8.C2H6.C2H4/c1-8(2)6-4-3-5-7-8;1-3-2;2*1-2/h3-7H2,1-2H3;3H2,1-2H3;1-2H3;1-2H2. The Morgan fingerprint density at radius 2 is 1.13 bits per heavy atom. The zero-order valence-electron chi connectivity index (χ0n) is 12.2. The quantitative estimate of drug-likeness (QED) is 0.420. The first kappa shape index (κ1) is 20.2. The van der Waals surface area contributed by atoms with Crippen molar-refractivity contribution in [2.45, 2.75) is 80.1 Å². The minimum Gasteiger partial charge on any atom is -0.106 e. The highest BCUT2D eigenvalue weighted by Crippen LogP contribution is 2.34. The fraction of sp³-hybridized carbons (Fsp3) is 0.867. The van der Waals surface area contributed by atoms with E-state index in [9.17, 15) is 0 Å². The summed E-state index contributed by atoms with van der Waals surface area (Å²) in [5.74, 6) is 0. The molecule has 0 radical (unpaired) electrons. The lowest BCUT2D eigenvalue weighted by Crippen LogP contribution is -2.14. The first-order valence-corrected chi connectivity index (χ1v) is 6.62. The molecule has 0 aromatic carbocycles. The van der Waals surface area contributed by atoms with Gasteiger partial charge in [0, 0.05) is 0 Å². The van der Waals surface area contributed by atoms with Crippen molar-refractivity contribution in [2.24, 2.45) is 5.41 Å². The lowest BCUT2D eigenvalue weighted by Gasteiger charge is -2.28. The van der Waals surface area contributed by atoms with Gasteiger partial charge < -0.3 is 0 Å². The Hall–Kier alpha value is -0.260. The van der Waals surface area contributed by atoms with Gasteiger partial charge in [-0.1, -0.05) is 67.2 Å². The van der Waals surface area contributed by atoms with Crippen molar-refractivity contribution in [3.05, 3.63) is 13.2 Å². The largest absolute Gasteiger partial charge is 0.106 e. The molecule has 1 aliphatic rings. The van der Waals surface area contributed by atoms with E-state index in [-0.39, 0.29) is 0 Å². The van der Waals surface area contributed by atoms with Gasteiger partial charge in [0.15, 0.2) is 0 Å². The third-order valence-corrected chi connectivity index (χ3v) is 2.21. The van der Waals surface area contributed by atoms with Gasteiger partial charge in [-0.05, 0) is 18.3 Å². The number of hydrogen-bond acceptors (Lipinski definition) is 0. The summed E-state index contributed by atoms with van der Waals surface area (Å²) in [7, 11) is 0. The maximum absolute atomic E-state index is 3.00. The Balaban J connectivity index is -0.000000176. The van der Waals surface area contributed by atoms with Crippen molar-refractivity contribution in [3.8, 4) is 0 Å². The monoisotopic (exact) mass is 214 g/mol. The van der Waals surface area contributed by atoms with Crippen LogP contribution >= 0.6 is 0 Å². The van der Waals surface area contributed by atoms with E-state index in [0.717, 1.165) is 0 Å². The van der Waals surface area contributed by atoms with Crippen LogP contribution < -0.4 is 0 Å². The normalized spacial score (nSPS) is 16.7. The Kier molecular flexibility index (Phi) is 21.8. The summed E-state index contributed by atoms with van der Waals surface area (Å²) in [5, 5.41) is 0. The van der Waals surface area contributed by atoms with Crippen LogP contribution in [0.1, 0.15) is 80.1 Å². The van der Waals surface area contributed by atoms with Gasteiger partial charge >= 0.3 is 0 Å². The maximum atomic E-state index is 3.00. The topological polar surface area (TPSA) is 0 Å². The zero-order valence-corrected chi connectivity index (χ0v) is 12.2. The fourth-order valence-corrected chi connectivity index (χ4v) is 1.51. The van der Waals surface area contributed by atoms with E-state index in [0.29, 0.717) is 5.41 Å². The van der Waals surface area contributed by atoms with Gasteiger partial charge in [-0.2, -0.15) is 0 Å². The minimum absolute atomic E-state index is 0.679. The molecule has 0 spiro atoms. The van der Waals surface area contributed by atoms with Gasteiger partial charge in [0.2, 0.25) is 0 Å². The molecule has 15 heavy (non-hydrogen) atoms. The molecule has 0 aliphatic heterocycles. The molecule has 0 N–H and O–H groups in total. The molecule has 0 atom stereocenters. The average molecular weight is 214 g/mol. The lowest BCUT2D eigenvalue weighted by molar-refractivity contribution is 0.244. The SMILES string of the molecule is C=C.CC.CC1(C)CCCCC1.CCC. The van der Waals surface area contributed by atoms with E-state index < -0.39 is 0 Å². The maximum Gasteiger partial charge on any atom is -0.0354 e. The van der Waals surface area contributed by atoms with Crippen LogP contribution in [0.25, 0.3) is 0 Å². The highest BCUT2D eigenvalue weighted by molar-refractivity contribution is 4.72. The minimum atomic E-state index is 0.679. The summed E-state index contributed by atoms with van der Waals surface area (Å²) < 4.78 is 0. The zero-order chi connectivity index (χ0) is 12.7. The van der Waals surface area contributed by atoms with Crippen LogP contribution in [0, 0.1) is 5.41 Å². The van der Waals surface area contributed by atoms with Crippen molar-refractivity contribution < 1.29 is 0 Å². The van der Waals surface area contributed by atoms with E-state index >= 15 is 0 Å². The molecule has 1 rings (SSSR count). The molecule has 0 unspecified atom stereocenters. The molecule has 0 heterocycles. The number of rotatable bonds is 0. The van der Waals surface area contributed by atoms with Crippen molar-refractivity contribution >= 4 is 0 Å². The smallest absolute Gasteiger partial charge is 0.0354 e. The summed E-state index contributed by atoms with van der Waals surface area (Å²) in [4.78, 5) is 0. The molecule has 0 saturated heterocycles. The molecule has 94 valence electrons. The fourth-order valence-electron chi connectivity index (χ4n) is 1.51. The summed E-state index contributed by atoms with van der Waals surface area (Å²) in [6.07, 6.45) is 8.56. The van der Waals surface area contributed by atoms with Gasteiger partial charge in [-0.3, -0.25) is 0 Å². The molecular formula is C15H34. The third-order valence-electron chi connectivity index (χ3n) is 2.21. The third kappa shape index (κ3) is 20.0. The van der Waals surface area contributed by atoms with E-state index in [1.165, 1.54) is 38.5 Å². The molecule has 0 aromatic heterocycles. The van der Waals surface area contributed by atoms with Gasteiger partial charge in [-0.15, -0.1) is 13.2 Å². The summed E-state index contributed by atoms with van der Waals surface area (Å²) >= 11 is 0. The van der Waals surface area contributed by atoms with Crippen LogP contribution in [0.2, 0.25) is 0 Å². The first-order valence-electron chi connectivity index (χ1n) is 6.62. The Bertz CT molecular complexity index is 84.2. The van der Waals surface area contributed by atoms with Crippen LogP contribution in [0.15, 0.2) is 13.2 Å². The van der Waals surface area contributed by atoms with Crippen LogP contribution in [-0.2, 0) is 0 Å². The highest BCUT2D eigenvalue weighted by atomic mass is 14.3. The van der Waals surface area contributed by atoms with Crippen LogP contribution in [0.5, 0.6) is 0 Å². The highest BCUT2D eigenvalue weighted by Gasteiger charge is 2.19. The molecule has 1 aliphatic carbocycles. The Morgan fingerprint density at radius 1 is 0.867 bits per heavy atom. The van der Waals surface area contributed by atoms with E-state index in [1.54, 1.807) is 0 Å². The predicted octanol–water partition coefficient (Wildman–Crippen LogP) is 6.22. The van der Waals surface area contributed by atoms with Gasteiger partial charge in [0.05, 0.1) is 0 Å². The van der Waals surface area contributed by atoms with Gasteiger partial charge in [0.25, 0.3) is 0 Å². The molecule has 0 nitrogen and oxygen atoms in total. The molecule has 1 saturated carbocycles. The predicted molar refractivity (Wildman–Crippen MR) is 75.4 cm³/mol. The van der Waals surface area contributed by atoms with E-state index in [2.05, 4.69) is 40.9 Å². The van der Waals surface area contributed by atoms with Crippen molar-refractivity contribution in [3.63, 3.8) is 0 Å². The van der Waals surface area contributed by atoms with Crippen LogP contribution in [0.3, 0.4) is 0 Å². The van der Waals surface area contributed by atoms with Crippen LogP contribution in [0.4, 0.5) is 0 Å². The molecule has 0 amide bonds. The Morgan fingerprint density at radius 3 is 1.27 bits per heavy atom. The average Bonchev–Trinajstić information content (AvgIpc) is 2.24. The summed E-state index contributed by atoms with van der Waals surface area (Å²) in [6.45, 7) is 19.0. The summed E-state index contributed by atoms with van der Waals surface area (Å²) in [6, 6.07) is 0. The van der Waals surface area contributed by atoms with Crippen LogP contribution in [-0.4, -0.2) is 0 Å². The first-order chi connectivity index (χ1) is 7.12. The van der Waals surface area contributed by atoms with Gasteiger partial charge in [0.1, 0.15) is 0 Å². The molecule has 1 fully saturated rings. The van der Waals surface area contributed by atoms with Crippen molar-refractivity contribution in [2.75, 3.05) is 0 Å². The van der Waals surface area contributed by atoms with E-state index in [1.807, 2.05) is 13.8 Å². The molecule has 0 bridgehead atoms. The molecular weight excluding hydrogens is 180 g/mol. The van der Waals surface area contributed by atoms with Crippen molar-refractivity contribution in [1.29, 1.82) is 0 Å².